The predicted octanol–water partition coefficient (Wildman–Crippen LogP) is 5.31. The van der Waals surface area contributed by atoms with Gasteiger partial charge in [0.1, 0.15) is 16.9 Å². The maximum atomic E-state index is 12.9. The first-order valence-electron chi connectivity index (χ1n) is 9.53. The van der Waals surface area contributed by atoms with Crippen LogP contribution in [0.3, 0.4) is 0 Å². The maximum absolute atomic E-state index is 12.9. The molecule has 0 spiro atoms. The summed E-state index contributed by atoms with van der Waals surface area (Å²) in [6.45, 7) is 5.93. The van der Waals surface area contributed by atoms with E-state index in [0.29, 0.717) is 22.5 Å². The minimum Gasteiger partial charge on any atom is -0.484 e. The fourth-order valence-corrected chi connectivity index (χ4v) is 3.24. The minimum atomic E-state index is -0.434. The van der Waals surface area contributed by atoms with Crippen molar-refractivity contribution in [2.75, 3.05) is 5.32 Å². The quantitative estimate of drug-likeness (QED) is 0.517. The van der Waals surface area contributed by atoms with E-state index in [1.807, 2.05) is 86.0 Å². The van der Waals surface area contributed by atoms with Crippen LogP contribution >= 0.6 is 0 Å². The number of anilines is 2. The first kappa shape index (κ1) is 18.7. The molecule has 0 aliphatic heterocycles. The average Bonchev–Trinajstić information content (AvgIpc) is 2.69. The second-order valence-electron chi connectivity index (χ2n) is 7.80. The molecule has 4 aromatic rings. The Labute approximate surface area is 169 Å². The number of aromatic nitrogens is 2. The Balaban J connectivity index is 2.05. The smallest absolute Gasteiger partial charge is 0.193 e. The molecule has 29 heavy (non-hydrogen) atoms. The number of rotatable bonds is 4. The average molecular weight is 385 g/mol. The van der Waals surface area contributed by atoms with Crippen molar-refractivity contribution in [3.63, 3.8) is 0 Å². The van der Waals surface area contributed by atoms with E-state index in [1.165, 1.54) is 0 Å². The van der Waals surface area contributed by atoms with Gasteiger partial charge in [0, 0.05) is 23.6 Å². The van der Waals surface area contributed by atoms with Crippen molar-refractivity contribution in [3.8, 4) is 11.4 Å². The number of ether oxygens (including phenoxy) is 1. The summed E-state index contributed by atoms with van der Waals surface area (Å²) >= 11 is 0. The molecule has 0 aliphatic rings. The van der Waals surface area contributed by atoms with Crippen LogP contribution in [-0.4, -0.2) is 15.2 Å². The summed E-state index contributed by atoms with van der Waals surface area (Å²) in [5, 5.41) is 3.89. The lowest BCUT2D eigenvalue weighted by molar-refractivity contribution is 0.132. The fraction of sp³-hybridized carbons (Fsp3) is 0.167. The van der Waals surface area contributed by atoms with Crippen molar-refractivity contribution in [2.24, 2.45) is 0 Å². The SMILES string of the molecule is CC(C)(C)Oc1cncc2c(=O)cc(Nc3ccccc3)n(-c3ccccc3)c12. The van der Waals surface area contributed by atoms with E-state index >= 15 is 0 Å². The molecule has 146 valence electrons. The lowest BCUT2D eigenvalue weighted by atomic mass is 10.1. The van der Waals surface area contributed by atoms with E-state index < -0.39 is 5.60 Å². The molecule has 2 aromatic carbocycles. The number of pyridine rings is 2. The van der Waals surface area contributed by atoms with Crippen LogP contribution < -0.4 is 15.5 Å². The lowest BCUT2D eigenvalue weighted by Gasteiger charge is -2.25. The number of para-hydroxylation sites is 2. The molecule has 5 heteroatoms. The molecule has 0 saturated heterocycles. The highest BCUT2D eigenvalue weighted by molar-refractivity contribution is 5.88. The normalized spacial score (nSPS) is 11.4. The molecule has 0 saturated carbocycles. The largest absolute Gasteiger partial charge is 0.484 e. The Hall–Kier alpha value is -3.60. The molecule has 5 nitrogen and oxygen atoms in total. The molecular weight excluding hydrogens is 362 g/mol. The van der Waals surface area contributed by atoms with Crippen molar-refractivity contribution in [1.82, 2.24) is 9.55 Å². The van der Waals surface area contributed by atoms with E-state index in [9.17, 15) is 4.79 Å². The molecule has 1 N–H and O–H groups in total. The summed E-state index contributed by atoms with van der Waals surface area (Å²) in [5.74, 6) is 1.22. The van der Waals surface area contributed by atoms with Gasteiger partial charge in [0.25, 0.3) is 0 Å². The van der Waals surface area contributed by atoms with Gasteiger partial charge in [0.15, 0.2) is 11.2 Å². The van der Waals surface area contributed by atoms with Gasteiger partial charge in [0.05, 0.1) is 11.6 Å². The van der Waals surface area contributed by atoms with Crippen LogP contribution in [0.5, 0.6) is 5.75 Å². The highest BCUT2D eigenvalue weighted by Gasteiger charge is 2.20. The fourth-order valence-electron chi connectivity index (χ4n) is 3.24. The van der Waals surface area contributed by atoms with Gasteiger partial charge in [-0.2, -0.15) is 0 Å². The summed E-state index contributed by atoms with van der Waals surface area (Å²) in [4.78, 5) is 17.2. The zero-order valence-electron chi connectivity index (χ0n) is 16.7. The topological polar surface area (TPSA) is 56.1 Å². The molecule has 0 radical (unpaired) electrons. The lowest BCUT2D eigenvalue weighted by Crippen LogP contribution is -2.24. The van der Waals surface area contributed by atoms with Gasteiger partial charge in [-0.1, -0.05) is 36.4 Å². The van der Waals surface area contributed by atoms with Crippen molar-refractivity contribution >= 4 is 22.4 Å². The van der Waals surface area contributed by atoms with E-state index in [4.69, 9.17) is 4.74 Å². The van der Waals surface area contributed by atoms with Gasteiger partial charge in [-0.15, -0.1) is 0 Å². The summed E-state index contributed by atoms with van der Waals surface area (Å²) in [7, 11) is 0. The summed E-state index contributed by atoms with van der Waals surface area (Å²) in [6, 6.07) is 21.3. The second kappa shape index (κ2) is 7.43. The van der Waals surface area contributed by atoms with Gasteiger partial charge in [-0.25, -0.2) is 0 Å². The van der Waals surface area contributed by atoms with Crippen LogP contribution in [0.25, 0.3) is 16.6 Å². The maximum Gasteiger partial charge on any atom is 0.193 e. The summed E-state index contributed by atoms with van der Waals surface area (Å²) < 4.78 is 8.19. The van der Waals surface area contributed by atoms with Crippen LogP contribution in [0.1, 0.15) is 20.8 Å². The molecule has 0 bridgehead atoms. The molecular formula is C24H23N3O2. The number of hydrogen-bond acceptors (Lipinski definition) is 4. The standard InChI is InChI=1S/C24H23N3O2/c1-24(2,3)29-21-16-25-15-19-20(28)14-22(26-17-10-6-4-7-11-17)27(23(19)21)18-12-8-5-9-13-18/h4-16,26H,1-3H3. The van der Waals surface area contributed by atoms with Gasteiger partial charge in [-0.3, -0.25) is 14.3 Å². The monoisotopic (exact) mass is 385 g/mol. The Morgan fingerprint density at radius 2 is 1.59 bits per heavy atom. The van der Waals surface area contributed by atoms with Gasteiger partial charge >= 0.3 is 0 Å². The molecule has 0 amide bonds. The van der Waals surface area contributed by atoms with E-state index in [-0.39, 0.29) is 5.43 Å². The first-order chi connectivity index (χ1) is 13.9. The first-order valence-corrected chi connectivity index (χ1v) is 9.53. The Kier molecular flexibility index (Phi) is 4.80. The van der Waals surface area contributed by atoms with Gasteiger partial charge in [0.2, 0.25) is 0 Å². The Bertz CT molecular complexity index is 1190. The highest BCUT2D eigenvalue weighted by atomic mass is 16.5. The molecule has 0 aliphatic carbocycles. The number of hydrogen-bond donors (Lipinski definition) is 1. The van der Waals surface area contributed by atoms with Crippen LogP contribution in [0.4, 0.5) is 11.5 Å². The molecule has 0 fully saturated rings. The highest BCUT2D eigenvalue weighted by Crippen LogP contribution is 2.32. The van der Waals surface area contributed by atoms with Crippen LogP contribution in [0, 0.1) is 0 Å². The van der Waals surface area contributed by atoms with Crippen LogP contribution in [0.2, 0.25) is 0 Å². The molecule has 0 atom stereocenters. The van der Waals surface area contributed by atoms with E-state index in [0.717, 1.165) is 11.4 Å². The molecule has 2 aromatic heterocycles. The second-order valence-corrected chi connectivity index (χ2v) is 7.80. The number of nitrogens with one attached hydrogen (secondary N) is 1. The number of benzene rings is 2. The van der Waals surface area contributed by atoms with E-state index in [2.05, 4.69) is 10.3 Å². The third-order valence-electron chi connectivity index (χ3n) is 4.36. The Morgan fingerprint density at radius 1 is 0.931 bits per heavy atom. The number of fused-ring (bicyclic) bond motifs is 1. The van der Waals surface area contributed by atoms with Crippen LogP contribution in [0.15, 0.2) is 83.9 Å². The molecule has 4 rings (SSSR count). The number of nitrogens with zero attached hydrogens (tertiary/aromatic N) is 2. The van der Waals surface area contributed by atoms with Crippen molar-refractivity contribution < 1.29 is 4.74 Å². The molecule has 0 unspecified atom stereocenters. The summed E-state index contributed by atoms with van der Waals surface area (Å²) in [6.07, 6.45) is 3.26. The van der Waals surface area contributed by atoms with Crippen molar-refractivity contribution in [3.05, 3.63) is 89.3 Å². The van der Waals surface area contributed by atoms with Gasteiger partial charge in [-0.05, 0) is 45.0 Å². The van der Waals surface area contributed by atoms with Crippen molar-refractivity contribution in [1.29, 1.82) is 0 Å². The summed E-state index contributed by atoms with van der Waals surface area (Å²) in [5.41, 5.74) is 1.95. The zero-order valence-corrected chi connectivity index (χ0v) is 16.7. The van der Waals surface area contributed by atoms with E-state index in [1.54, 1.807) is 18.5 Å². The van der Waals surface area contributed by atoms with Crippen molar-refractivity contribution in [2.45, 2.75) is 26.4 Å². The van der Waals surface area contributed by atoms with Crippen LogP contribution in [-0.2, 0) is 0 Å². The zero-order chi connectivity index (χ0) is 20.4. The Morgan fingerprint density at radius 3 is 2.24 bits per heavy atom. The minimum absolute atomic E-state index is 0.113. The predicted molar refractivity (Wildman–Crippen MR) is 117 cm³/mol. The third kappa shape index (κ3) is 3.99. The van der Waals surface area contributed by atoms with Gasteiger partial charge < -0.3 is 10.1 Å². The third-order valence-corrected chi connectivity index (χ3v) is 4.36. The molecule has 2 heterocycles.